The second kappa shape index (κ2) is 8.32. The average molecular weight is 410 g/mol. The van der Waals surface area contributed by atoms with Gasteiger partial charge in [-0.25, -0.2) is 17.5 Å². The smallest absolute Gasteiger partial charge is 0.174 e. The number of aromatic nitrogens is 2. The maximum absolute atomic E-state index is 14.4. The Bertz CT molecular complexity index is 957. The summed E-state index contributed by atoms with van der Waals surface area (Å²) in [5.74, 6) is -1.08. The second-order valence-electron chi connectivity index (χ2n) is 6.67. The maximum atomic E-state index is 14.4. The lowest BCUT2D eigenvalue weighted by atomic mass is 9.89. The largest absolute Gasteiger partial charge is 0.505 e. The van der Waals surface area contributed by atoms with E-state index >= 15 is 0 Å². The van der Waals surface area contributed by atoms with Gasteiger partial charge in [-0.3, -0.25) is 0 Å². The molecule has 1 aromatic carbocycles. The molecular formula is C19H23FN2O5S. The zero-order valence-corrected chi connectivity index (χ0v) is 16.4. The highest BCUT2D eigenvalue weighted by Gasteiger charge is 2.33. The molecule has 0 amide bonds. The van der Waals surface area contributed by atoms with Crippen molar-refractivity contribution in [2.24, 2.45) is 11.8 Å². The van der Waals surface area contributed by atoms with Crippen LogP contribution in [-0.2, 0) is 14.6 Å². The van der Waals surface area contributed by atoms with Crippen molar-refractivity contribution in [3.8, 4) is 17.2 Å². The summed E-state index contributed by atoms with van der Waals surface area (Å²) in [6, 6.07) is 4.33. The third-order valence-corrected chi connectivity index (χ3v) is 6.73. The van der Waals surface area contributed by atoms with E-state index < -0.39 is 15.7 Å². The molecule has 3 rings (SSSR count). The van der Waals surface area contributed by atoms with E-state index in [0.717, 1.165) is 0 Å². The molecule has 1 unspecified atom stereocenters. The first-order valence-electron chi connectivity index (χ1n) is 8.97. The molecule has 2 aromatic rings. The molecule has 0 radical (unpaired) electrons. The molecule has 1 fully saturated rings. The summed E-state index contributed by atoms with van der Waals surface area (Å²) in [7, 11) is -3.37. The fourth-order valence-corrected chi connectivity index (χ4v) is 4.34. The van der Waals surface area contributed by atoms with Crippen LogP contribution in [0.3, 0.4) is 0 Å². The van der Waals surface area contributed by atoms with Crippen LogP contribution < -0.4 is 4.74 Å². The number of aromatic hydroxyl groups is 1. The van der Waals surface area contributed by atoms with E-state index in [4.69, 9.17) is 9.47 Å². The van der Waals surface area contributed by atoms with Gasteiger partial charge in [-0.2, -0.15) is 5.10 Å². The molecule has 152 valence electrons. The van der Waals surface area contributed by atoms with Crippen LogP contribution in [0.5, 0.6) is 11.5 Å². The molecule has 0 aliphatic carbocycles. The molecule has 28 heavy (non-hydrogen) atoms. The van der Waals surface area contributed by atoms with Crippen LogP contribution in [0.25, 0.3) is 5.69 Å². The van der Waals surface area contributed by atoms with E-state index in [1.165, 1.54) is 29.2 Å². The van der Waals surface area contributed by atoms with Crippen LogP contribution in [0.4, 0.5) is 4.39 Å². The van der Waals surface area contributed by atoms with Crippen LogP contribution in [-0.4, -0.2) is 48.9 Å². The van der Waals surface area contributed by atoms with Crippen LogP contribution >= 0.6 is 0 Å². The molecule has 1 saturated heterocycles. The van der Waals surface area contributed by atoms with Gasteiger partial charge in [-0.1, -0.05) is 13.5 Å². The molecule has 0 spiro atoms. The van der Waals surface area contributed by atoms with E-state index in [1.54, 1.807) is 13.0 Å². The van der Waals surface area contributed by atoms with E-state index in [2.05, 4.69) is 11.7 Å². The molecule has 2 heterocycles. The van der Waals surface area contributed by atoms with Crippen molar-refractivity contribution >= 4 is 9.84 Å². The van der Waals surface area contributed by atoms with Crippen molar-refractivity contribution in [2.75, 3.05) is 25.6 Å². The summed E-state index contributed by atoms with van der Waals surface area (Å²) < 4.78 is 51.2. The van der Waals surface area contributed by atoms with Gasteiger partial charge in [-0.15, -0.1) is 0 Å². The Hall–Kier alpha value is -2.39. The molecule has 1 aliphatic rings. The molecular weight excluding hydrogens is 387 g/mol. The predicted molar refractivity (Wildman–Crippen MR) is 102 cm³/mol. The molecule has 1 N–H and O–H groups in total. The predicted octanol–water partition coefficient (Wildman–Crippen LogP) is 2.70. The van der Waals surface area contributed by atoms with E-state index in [9.17, 15) is 17.9 Å². The normalized spacial score (nSPS) is 20.1. The third-order valence-electron chi connectivity index (χ3n) is 4.87. The molecule has 1 aliphatic heterocycles. The van der Waals surface area contributed by atoms with Gasteiger partial charge in [0, 0.05) is 29.4 Å². The van der Waals surface area contributed by atoms with Gasteiger partial charge in [0.2, 0.25) is 0 Å². The average Bonchev–Trinajstić information content (AvgIpc) is 3.13. The fourth-order valence-electron chi connectivity index (χ4n) is 3.20. The van der Waals surface area contributed by atoms with Gasteiger partial charge in [0.25, 0.3) is 0 Å². The summed E-state index contributed by atoms with van der Waals surface area (Å²) in [5, 5.41) is 13.3. The van der Waals surface area contributed by atoms with Crippen LogP contribution in [0, 0.1) is 17.7 Å². The molecule has 2 atom stereocenters. The van der Waals surface area contributed by atoms with Gasteiger partial charge in [0.15, 0.2) is 27.2 Å². The monoisotopic (exact) mass is 410 g/mol. The number of halogens is 1. The quantitative estimate of drug-likeness (QED) is 0.755. The first-order chi connectivity index (χ1) is 13.3. The third kappa shape index (κ3) is 4.36. The number of sulfone groups is 1. The summed E-state index contributed by atoms with van der Waals surface area (Å²) >= 11 is 0. The topological polar surface area (TPSA) is 90.7 Å². The Balaban J connectivity index is 1.70. The molecule has 7 nitrogen and oxygen atoms in total. The first kappa shape index (κ1) is 20.3. The molecule has 0 bridgehead atoms. The first-order valence-corrected chi connectivity index (χ1v) is 10.6. The van der Waals surface area contributed by atoms with Crippen molar-refractivity contribution in [3.63, 3.8) is 0 Å². The van der Waals surface area contributed by atoms with Crippen molar-refractivity contribution in [2.45, 2.75) is 13.3 Å². The van der Waals surface area contributed by atoms with Crippen LogP contribution in [0.1, 0.15) is 13.3 Å². The van der Waals surface area contributed by atoms with Crippen molar-refractivity contribution in [3.05, 3.63) is 47.9 Å². The van der Waals surface area contributed by atoms with Crippen LogP contribution in [0.2, 0.25) is 0 Å². The highest BCUT2D eigenvalue weighted by molar-refractivity contribution is 7.95. The van der Waals surface area contributed by atoms with Crippen molar-refractivity contribution < 1.29 is 27.4 Å². The molecule has 9 heteroatoms. The Labute approximate surface area is 163 Å². The highest BCUT2D eigenvalue weighted by atomic mass is 32.2. The van der Waals surface area contributed by atoms with Crippen molar-refractivity contribution in [1.29, 1.82) is 0 Å². The minimum Gasteiger partial charge on any atom is -0.505 e. The van der Waals surface area contributed by atoms with Crippen molar-refractivity contribution in [1.82, 2.24) is 9.78 Å². The summed E-state index contributed by atoms with van der Waals surface area (Å²) in [6.45, 7) is 6.27. The number of allylic oxidation sites excluding steroid dienone is 1. The van der Waals surface area contributed by atoms with Gasteiger partial charge in [-0.05, 0) is 18.6 Å². The number of nitrogens with zero attached hydrogens (tertiary/aromatic N) is 2. The molecule has 1 aromatic heterocycles. The number of rotatable bonds is 7. The summed E-state index contributed by atoms with van der Waals surface area (Å²) in [4.78, 5) is 0.196. The van der Waals surface area contributed by atoms with E-state index in [-0.39, 0.29) is 40.6 Å². The Kier molecular flexibility index (Phi) is 6.04. The Morgan fingerprint density at radius 1 is 1.50 bits per heavy atom. The minimum atomic E-state index is -3.37. The Morgan fingerprint density at radius 2 is 2.29 bits per heavy atom. The fraction of sp³-hybridized carbons (Fsp3) is 0.421. The SMILES string of the molecule is C=C(C1CCOC[C@@H]1COc1ccc(-n2cc(O)cn2)cc1F)S(=O)(=O)CC. The Morgan fingerprint density at radius 3 is 2.93 bits per heavy atom. The van der Waals surface area contributed by atoms with Gasteiger partial charge < -0.3 is 14.6 Å². The standard InChI is InChI=1S/C19H23FN2O5S/c1-3-28(24,25)13(2)17-6-7-26-11-14(17)12-27-19-5-4-15(8-18(19)20)22-10-16(23)9-21-22/h4-5,8-10,14,17,23H,2-3,6-7,11-12H2,1H3/t14-,17?/m1/s1. The van der Waals surface area contributed by atoms with Gasteiger partial charge in [0.1, 0.15) is 0 Å². The number of benzene rings is 1. The maximum Gasteiger partial charge on any atom is 0.174 e. The summed E-state index contributed by atoms with van der Waals surface area (Å²) in [5.41, 5.74) is 0.437. The lowest BCUT2D eigenvalue weighted by molar-refractivity contribution is 0.0101. The number of ether oxygens (including phenoxy) is 2. The van der Waals surface area contributed by atoms with Gasteiger partial charge in [0.05, 0.1) is 37.0 Å². The lowest BCUT2D eigenvalue weighted by Crippen LogP contribution is -2.35. The zero-order valence-electron chi connectivity index (χ0n) is 15.5. The summed E-state index contributed by atoms with van der Waals surface area (Å²) in [6.07, 6.45) is 3.15. The van der Waals surface area contributed by atoms with E-state index in [1.807, 2.05) is 0 Å². The number of hydrogen-bond donors (Lipinski definition) is 1. The zero-order chi connectivity index (χ0) is 20.3. The highest BCUT2D eigenvalue weighted by Crippen LogP contribution is 2.32. The molecule has 0 saturated carbocycles. The lowest BCUT2D eigenvalue weighted by Gasteiger charge is -2.32. The minimum absolute atomic E-state index is 0.00413. The van der Waals surface area contributed by atoms with Crippen LogP contribution in [0.15, 0.2) is 42.1 Å². The van der Waals surface area contributed by atoms with Gasteiger partial charge >= 0.3 is 0 Å². The number of hydrogen-bond acceptors (Lipinski definition) is 6. The second-order valence-corrected chi connectivity index (χ2v) is 9.00. The van der Waals surface area contributed by atoms with E-state index in [0.29, 0.717) is 25.3 Å².